The van der Waals surface area contributed by atoms with Crippen LogP contribution in [0.2, 0.25) is 0 Å². The molecule has 1 aliphatic rings. The van der Waals surface area contributed by atoms with Crippen molar-refractivity contribution in [1.82, 2.24) is 0 Å². The number of carbonyl (C=O) groups is 1. The van der Waals surface area contributed by atoms with Crippen molar-refractivity contribution >= 4 is 5.91 Å². The summed E-state index contributed by atoms with van der Waals surface area (Å²) in [6.45, 7) is 1.91. The van der Waals surface area contributed by atoms with Gasteiger partial charge < -0.3 is 10.8 Å². The third-order valence-electron chi connectivity index (χ3n) is 1.76. The zero-order chi connectivity index (χ0) is 8.43. The fraction of sp³-hybridized carbons (Fsp3) is 0.375. The molecular formula is C8H11NO2. The van der Waals surface area contributed by atoms with Crippen LogP contribution in [0.1, 0.15) is 19.8 Å². The molecule has 0 aromatic heterocycles. The average molecular weight is 153 g/mol. The molecule has 60 valence electrons. The first-order valence-electron chi connectivity index (χ1n) is 3.50. The number of hydrogen-bond acceptors (Lipinski definition) is 2. The Hall–Kier alpha value is -1.25. The van der Waals surface area contributed by atoms with E-state index in [0.29, 0.717) is 12.0 Å². The topological polar surface area (TPSA) is 63.3 Å². The van der Waals surface area contributed by atoms with Gasteiger partial charge in [-0.1, -0.05) is 5.57 Å². The lowest BCUT2D eigenvalue weighted by molar-refractivity contribution is -0.114. The number of primary amides is 1. The number of hydrogen-bond donors (Lipinski definition) is 2. The normalized spacial score (nSPS) is 18.1. The van der Waals surface area contributed by atoms with Gasteiger partial charge in [-0.15, -0.1) is 0 Å². The van der Waals surface area contributed by atoms with Crippen LogP contribution in [0.15, 0.2) is 23.0 Å². The van der Waals surface area contributed by atoms with Crippen LogP contribution in [-0.4, -0.2) is 11.0 Å². The van der Waals surface area contributed by atoms with Gasteiger partial charge in [0.15, 0.2) is 0 Å². The minimum atomic E-state index is -0.522. The highest BCUT2D eigenvalue weighted by Gasteiger charge is 2.14. The summed E-state index contributed by atoms with van der Waals surface area (Å²) >= 11 is 0. The van der Waals surface area contributed by atoms with Gasteiger partial charge in [0.1, 0.15) is 5.76 Å². The van der Waals surface area contributed by atoms with Crippen molar-refractivity contribution in [1.29, 1.82) is 0 Å². The molecule has 0 spiro atoms. The van der Waals surface area contributed by atoms with Crippen LogP contribution in [0.25, 0.3) is 0 Å². The Labute approximate surface area is 65.2 Å². The fourth-order valence-electron chi connectivity index (χ4n) is 1.09. The van der Waals surface area contributed by atoms with Crippen LogP contribution in [-0.2, 0) is 4.79 Å². The average Bonchev–Trinajstić information content (AvgIpc) is 1.85. The Balaban J connectivity index is 2.95. The number of carbonyl (C=O) groups excluding carboxylic acids is 1. The Morgan fingerprint density at radius 1 is 1.64 bits per heavy atom. The highest BCUT2D eigenvalue weighted by Crippen LogP contribution is 2.21. The van der Waals surface area contributed by atoms with Gasteiger partial charge in [0.2, 0.25) is 5.91 Å². The maximum Gasteiger partial charge on any atom is 0.248 e. The van der Waals surface area contributed by atoms with Gasteiger partial charge >= 0.3 is 0 Å². The van der Waals surface area contributed by atoms with Gasteiger partial charge in [0.25, 0.3) is 0 Å². The number of aliphatic hydroxyl groups is 1. The van der Waals surface area contributed by atoms with Crippen molar-refractivity contribution in [3.05, 3.63) is 23.0 Å². The maximum atomic E-state index is 10.6. The van der Waals surface area contributed by atoms with E-state index in [1.54, 1.807) is 6.08 Å². The molecule has 1 amide bonds. The number of aliphatic hydroxyl groups excluding tert-OH is 1. The molecule has 0 saturated carbocycles. The lowest BCUT2D eigenvalue weighted by Gasteiger charge is -2.11. The predicted octanol–water partition coefficient (Wildman–Crippen LogP) is 1.02. The molecule has 3 heteroatoms. The van der Waals surface area contributed by atoms with Gasteiger partial charge in [0, 0.05) is 0 Å². The third kappa shape index (κ3) is 1.61. The van der Waals surface area contributed by atoms with Crippen molar-refractivity contribution in [2.45, 2.75) is 19.8 Å². The van der Waals surface area contributed by atoms with Crippen LogP contribution in [0, 0.1) is 0 Å². The molecule has 0 heterocycles. The zero-order valence-corrected chi connectivity index (χ0v) is 6.42. The van der Waals surface area contributed by atoms with Crippen LogP contribution in [0.4, 0.5) is 0 Å². The van der Waals surface area contributed by atoms with Gasteiger partial charge in [-0.05, 0) is 25.8 Å². The molecule has 3 N–H and O–H groups in total. The van der Waals surface area contributed by atoms with Crippen LogP contribution in [0.5, 0.6) is 0 Å². The SMILES string of the molecule is CC1=CC(O)=C(C(N)=O)CC1. The Kier molecular flexibility index (Phi) is 1.98. The summed E-state index contributed by atoms with van der Waals surface area (Å²) < 4.78 is 0. The van der Waals surface area contributed by atoms with Crippen molar-refractivity contribution in [3.8, 4) is 0 Å². The van der Waals surface area contributed by atoms with E-state index in [9.17, 15) is 9.90 Å². The molecule has 0 atom stereocenters. The summed E-state index contributed by atoms with van der Waals surface area (Å²) in [5, 5.41) is 9.21. The summed E-state index contributed by atoms with van der Waals surface area (Å²) in [5.74, 6) is -0.493. The molecule has 0 radical (unpaired) electrons. The molecule has 0 aliphatic heterocycles. The molecule has 0 fully saturated rings. The van der Waals surface area contributed by atoms with Crippen LogP contribution in [0.3, 0.4) is 0 Å². The molecule has 0 aromatic rings. The standard InChI is InChI=1S/C8H11NO2/c1-5-2-3-6(8(9)11)7(10)4-5/h4,10H,2-3H2,1H3,(H2,9,11). The van der Waals surface area contributed by atoms with Gasteiger partial charge in [-0.2, -0.15) is 0 Å². The molecule has 0 bridgehead atoms. The second-order valence-electron chi connectivity index (χ2n) is 2.72. The highest BCUT2D eigenvalue weighted by molar-refractivity contribution is 5.93. The summed E-state index contributed by atoms with van der Waals surface area (Å²) in [5.41, 5.74) is 6.44. The summed E-state index contributed by atoms with van der Waals surface area (Å²) in [4.78, 5) is 10.6. The molecule has 0 unspecified atom stereocenters. The monoisotopic (exact) mass is 153 g/mol. The Bertz CT molecular complexity index is 251. The van der Waals surface area contributed by atoms with E-state index in [2.05, 4.69) is 0 Å². The maximum absolute atomic E-state index is 10.6. The Morgan fingerprint density at radius 2 is 2.27 bits per heavy atom. The lowest BCUT2D eigenvalue weighted by atomic mass is 9.98. The molecule has 3 nitrogen and oxygen atoms in total. The molecule has 0 aromatic carbocycles. The first-order chi connectivity index (χ1) is 5.11. The molecular weight excluding hydrogens is 142 g/mol. The molecule has 1 aliphatic carbocycles. The second-order valence-corrected chi connectivity index (χ2v) is 2.72. The summed E-state index contributed by atoms with van der Waals surface area (Å²) in [6, 6.07) is 0. The summed E-state index contributed by atoms with van der Waals surface area (Å²) in [6.07, 6.45) is 2.95. The van der Waals surface area contributed by atoms with Crippen molar-refractivity contribution in [2.24, 2.45) is 5.73 Å². The van der Waals surface area contributed by atoms with Gasteiger partial charge in [0.05, 0.1) is 5.57 Å². The first kappa shape index (κ1) is 7.85. The molecule has 1 rings (SSSR count). The summed E-state index contributed by atoms with van der Waals surface area (Å²) in [7, 11) is 0. The van der Waals surface area contributed by atoms with Crippen molar-refractivity contribution < 1.29 is 9.90 Å². The largest absolute Gasteiger partial charge is 0.507 e. The number of amides is 1. The van der Waals surface area contributed by atoms with Crippen molar-refractivity contribution in [3.63, 3.8) is 0 Å². The smallest absolute Gasteiger partial charge is 0.248 e. The van der Waals surface area contributed by atoms with E-state index < -0.39 is 5.91 Å². The number of allylic oxidation sites excluding steroid dienone is 2. The van der Waals surface area contributed by atoms with E-state index >= 15 is 0 Å². The number of rotatable bonds is 1. The van der Waals surface area contributed by atoms with E-state index in [1.165, 1.54) is 0 Å². The predicted molar refractivity (Wildman–Crippen MR) is 41.8 cm³/mol. The van der Waals surface area contributed by atoms with E-state index in [-0.39, 0.29) is 5.76 Å². The van der Waals surface area contributed by atoms with E-state index in [4.69, 9.17) is 5.73 Å². The third-order valence-corrected chi connectivity index (χ3v) is 1.76. The second kappa shape index (κ2) is 2.78. The molecule has 0 saturated heterocycles. The van der Waals surface area contributed by atoms with E-state index in [0.717, 1.165) is 12.0 Å². The minimum Gasteiger partial charge on any atom is -0.507 e. The van der Waals surface area contributed by atoms with Crippen LogP contribution < -0.4 is 5.73 Å². The van der Waals surface area contributed by atoms with Gasteiger partial charge in [-0.25, -0.2) is 0 Å². The first-order valence-corrected chi connectivity index (χ1v) is 3.50. The molecule has 11 heavy (non-hydrogen) atoms. The highest BCUT2D eigenvalue weighted by atomic mass is 16.3. The zero-order valence-electron chi connectivity index (χ0n) is 6.42. The minimum absolute atomic E-state index is 0.0289. The van der Waals surface area contributed by atoms with Crippen LogP contribution >= 0.6 is 0 Å². The number of nitrogens with two attached hydrogens (primary N) is 1. The van der Waals surface area contributed by atoms with E-state index in [1.807, 2.05) is 6.92 Å². The fourth-order valence-corrected chi connectivity index (χ4v) is 1.09. The lowest BCUT2D eigenvalue weighted by Crippen LogP contribution is -2.17. The van der Waals surface area contributed by atoms with Gasteiger partial charge in [-0.3, -0.25) is 4.79 Å². The Morgan fingerprint density at radius 3 is 2.73 bits per heavy atom. The quantitative estimate of drug-likeness (QED) is 0.590. The van der Waals surface area contributed by atoms with Crippen molar-refractivity contribution in [2.75, 3.05) is 0 Å².